The largest absolute Gasteiger partial charge is 0.506 e. The summed E-state index contributed by atoms with van der Waals surface area (Å²) < 4.78 is 7.41. The Labute approximate surface area is 139 Å². The van der Waals surface area contributed by atoms with Gasteiger partial charge in [-0.25, -0.2) is 0 Å². The third-order valence-electron chi connectivity index (χ3n) is 4.54. The minimum atomic E-state index is -1.27. The minimum Gasteiger partial charge on any atom is -0.506 e. The highest BCUT2D eigenvalue weighted by Crippen LogP contribution is 2.35. The Morgan fingerprint density at radius 1 is 1.33 bits per heavy atom. The van der Waals surface area contributed by atoms with Crippen LogP contribution in [0.2, 0.25) is 0 Å². The second kappa shape index (κ2) is 6.43. The molecule has 3 rings (SSSR count). The molecule has 0 radical (unpaired) electrons. The number of hydrogen-bond acceptors (Lipinski definition) is 6. The molecule has 1 aliphatic heterocycles. The molecular formula is C17H22N2O5. The molecule has 7 heteroatoms. The maximum atomic E-state index is 10.2. The molecule has 7 nitrogen and oxygen atoms in total. The maximum absolute atomic E-state index is 10.2. The van der Waals surface area contributed by atoms with Gasteiger partial charge in [0.05, 0.1) is 18.4 Å². The zero-order chi connectivity index (χ0) is 17.4. The Balaban J connectivity index is 1.96. The SMILES string of the molecule is CC1=C[C@H](n2cc3cccc(O)c3n2)[C@@H](C)[C@H](C(O)C(O)CO)O1. The van der Waals surface area contributed by atoms with Crippen molar-refractivity contribution in [3.63, 3.8) is 0 Å². The Morgan fingerprint density at radius 2 is 2.08 bits per heavy atom. The molecule has 24 heavy (non-hydrogen) atoms. The number of aliphatic hydroxyl groups is 3. The lowest BCUT2D eigenvalue weighted by atomic mass is 9.87. The van der Waals surface area contributed by atoms with Crippen molar-refractivity contribution in [2.45, 2.75) is 38.2 Å². The molecule has 4 N–H and O–H groups in total. The third kappa shape index (κ3) is 2.86. The van der Waals surface area contributed by atoms with E-state index in [1.165, 1.54) is 0 Å². The normalized spacial score (nSPS) is 26.7. The molecule has 2 aromatic rings. The lowest BCUT2D eigenvalue weighted by Gasteiger charge is -2.38. The molecule has 0 saturated heterocycles. The molecule has 130 valence electrons. The summed E-state index contributed by atoms with van der Waals surface area (Å²) >= 11 is 0. The van der Waals surface area contributed by atoms with Crippen LogP contribution in [0.4, 0.5) is 0 Å². The third-order valence-corrected chi connectivity index (χ3v) is 4.54. The molecule has 0 spiro atoms. The van der Waals surface area contributed by atoms with E-state index in [-0.39, 0.29) is 17.7 Å². The van der Waals surface area contributed by atoms with Crippen LogP contribution in [0.25, 0.3) is 10.9 Å². The molecular weight excluding hydrogens is 312 g/mol. The van der Waals surface area contributed by atoms with Gasteiger partial charge in [-0.3, -0.25) is 4.68 Å². The average molecular weight is 334 g/mol. The fourth-order valence-electron chi connectivity index (χ4n) is 3.17. The summed E-state index contributed by atoms with van der Waals surface area (Å²) in [5, 5.41) is 44.2. The first-order valence-electron chi connectivity index (χ1n) is 7.91. The number of benzene rings is 1. The van der Waals surface area contributed by atoms with Gasteiger partial charge in [-0.2, -0.15) is 5.10 Å². The van der Waals surface area contributed by atoms with E-state index in [0.717, 1.165) is 5.39 Å². The molecule has 2 heterocycles. The second-order valence-corrected chi connectivity index (χ2v) is 6.27. The molecule has 0 fully saturated rings. The Kier molecular flexibility index (Phi) is 4.49. The monoisotopic (exact) mass is 334 g/mol. The van der Waals surface area contributed by atoms with E-state index in [9.17, 15) is 15.3 Å². The first-order valence-corrected chi connectivity index (χ1v) is 7.91. The van der Waals surface area contributed by atoms with Gasteiger partial charge in [0.2, 0.25) is 0 Å². The lowest BCUT2D eigenvalue weighted by molar-refractivity contribution is -0.113. The summed E-state index contributed by atoms with van der Waals surface area (Å²) in [6.07, 6.45) is 0.557. The first-order chi connectivity index (χ1) is 11.4. The van der Waals surface area contributed by atoms with E-state index in [2.05, 4.69) is 5.10 Å². The number of allylic oxidation sites excluding steroid dienone is 2. The molecule has 5 atom stereocenters. The van der Waals surface area contributed by atoms with Crippen molar-refractivity contribution in [1.29, 1.82) is 0 Å². The van der Waals surface area contributed by atoms with Crippen molar-refractivity contribution in [3.8, 4) is 5.75 Å². The maximum Gasteiger partial charge on any atom is 0.143 e. The number of hydrogen-bond donors (Lipinski definition) is 4. The van der Waals surface area contributed by atoms with E-state index < -0.39 is 24.9 Å². The molecule has 0 saturated carbocycles. The summed E-state index contributed by atoms with van der Waals surface area (Å²) in [4.78, 5) is 0. The highest BCUT2D eigenvalue weighted by Gasteiger charge is 2.39. The Morgan fingerprint density at radius 3 is 2.75 bits per heavy atom. The number of rotatable bonds is 4. The average Bonchev–Trinajstić information content (AvgIpc) is 3.00. The van der Waals surface area contributed by atoms with Gasteiger partial charge in [-0.15, -0.1) is 0 Å². The second-order valence-electron chi connectivity index (χ2n) is 6.27. The standard InChI is InChI=1S/C17H22N2O5/c1-9-6-12(10(2)17(24-9)16(23)14(22)8-20)19-7-11-4-3-5-13(21)15(11)18-19/h3-7,10,12,14,16-17,20-23H,8H2,1-2H3/t10-,12+,14?,16?,17-/m1/s1. The van der Waals surface area contributed by atoms with Crippen LogP contribution in [0, 0.1) is 5.92 Å². The Hall–Kier alpha value is -2.09. The molecule has 1 aliphatic rings. The summed E-state index contributed by atoms with van der Waals surface area (Å²) in [6.45, 7) is 3.11. The lowest BCUT2D eigenvalue weighted by Crippen LogP contribution is -2.47. The number of nitrogens with zero attached hydrogens (tertiary/aromatic N) is 2. The van der Waals surface area contributed by atoms with Crippen molar-refractivity contribution in [2.75, 3.05) is 6.61 Å². The fraction of sp³-hybridized carbons (Fsp3) is 0.471. The first kappa shape index (κ1) is 16.8. The summed E-state index contributed by atoms with van der Waals surface area (Å²) in [5.41, 5.74) is 0.509. The predicted octanol–water partition coefficient (Wildman–Crippen LogP) is 0.936. The summed E-state index contributed by atoms with van der Waals surface area (Å²) in [7, 11) is 0. The summed E-state index contributed by atoms with van der Waals surface area (Å²) in [5.74, 6) is 0.511. The van der Waals surface area contributed by atoms with Gasteiger partial charge in [0, 0.05) is 17.5 Å². The van der Waals surface area contributed by atoms with Crippen LogP contribution >= 0.6 is 0 Å². The number of aliphatic hydroxyl groups excluding tert-OH is 3. The van der Waals surface area contributed by atoms with Gasteiger partial charge in [0.15, 0.2) is 0 Å². The number of aromatic nitrogens is 2. The number of aromatic hydroxyl groups is 1. The molecule has 2 unspecified atom stereocenters. The minimum absolute atomic E-state index is 0.110. The number of fused-ring (bicyclic) bond motifs is 1. The number of ether oxygens (including phenoxy) is 1. The molecule has 1 aromatic heterocycles. The van der Waals surface area contributed by atoms with Crippen molar-refractivity contribution < 1.29 is 25.2 Å². The highest BCUT2D eigenvalue weighted by molar-refractivity contribution is 5.83. The van der Waals surface area contributed by atoms with Crippen LogP contribution in [0.3, 0.4) is 0 Å². The molecule has 0 aliphatic carbocycles. The Bertz CT molecular complexity index is 757. The predicted molar refractivity (Wildman–Crippen MR) is 87.3 cm³/mol. The van der Waals surface area contributed by atoms with Gasteiger partial charge < -0.3 is 25.2 Å². The van der Waals surface area contributed by atoms with Gasteiger partial charge in [-0.05, 0) is 19.1 Å². The van der Waals surface area contributed by atoms with Crippen LogP contribution < -0.4 is 0 Å². The van der Waals surface area contributed by atoms with Crippen molar-refractivity contribution in [2.24, 2.45) is 5.92 Å². The zero-order valence-corrected chi connectivity index (χ0v) is 13.6. The molecule has 0 bridgehead atoms. The van der Waals surface area contributed by atoms with E-state index in [1.54, 1.807) is 23.7 Å². The van der Waals surface area contributed by atoms with Crippen molar-refractivity contribution >= 4 is 10.9 Å². The van der Waals surface area contributed by atoms with Crippen LogP contribution in [0.15, 0.2) is 36.2 Å². The topological polar surface area (TPSA) is 108 Å². The van der Waals surface area contributed by atoms with Crippen molar-refractivity contribution in [3.05, 3.63) is 36.2 Å². The zero-order valence-electron chi connectivity index (χ0n) is 13.6. The number of phenolic OH excluding ortho intramolecular Hbond substituents is 1. The van der Waals surface area contributed by atoms with Crippen LogP contribution in [0.1, 0.15) is 19.9 Å². The van der Waals surface area contributed by atoms with E-state index in [0.29, 0.717) is 11.3 Å². The molecule has 0 amide bonds. The van der Waals surface area contributed by atoms with Gasteiger partial charge in [0.25, 0.3) is 0 Å². The van der Waals surface area contributed by atoms with Crippen LogP contribution in [0.5, 0.6) is 5.75 Å². The molecule has 1 aromatic carbocycles. The van der Waals surface area contributed by atoms with Crippen LogP contribution in [-0.2, 0) is 4.74 Å². The fourth-order valence-corrected chi connectivity index (χ4v) is 3.17. The van der Waals surface area contributed by atoms with Gasteiger partial charge in [-0.1, -0.05) is 19.1 Å². The smallest absolute Gasteiger partial charge is 0.143 e. The van der Waals surface area contributed by atoms with E-state index >= 15 is 0 Å². The number of phenols is 1. The van der Waals surface area contributed by atoms with Gasteiger partial charge in [0.1, 0.15) is 29.6 Å². The highest BCUT2D eigenvalue weighted by atomic mass is 16.5. The van der Waals surface area contributed by atoms with E-state index in [1.807, 2.05) is 25.3 Å². The van der Waals surface area contributed by atoms with E-state index in [4.69, 9.17) is 9.84 Å². The quantitative estimate of drug-likeness (QED) is 0.663. The van der Waals surface area contributed by atoms with Gasteiger partial charge >= 0.3 is 0 Å². The summed E-state index contributed by atoms with van der Waals surface area (Å²) in [6, 6.07) is 4.98. The van der Waals surface area contributed by atoms with Crippen LogP contribution in [-0.4, -0.2) is 55.1 Å². The van der Waals surface area contributed by atoms with Crippen molar-refractivity contribution in [1.82, 2.24) is 9.78 Å².